The van der Waals surface area contributed by atoms with Gasteiger partial charge in [-0.25, -0.2) is 4.79 Å². The quantitative estimate of drug-likeness (QED) is 0.282. The van der Waals surface area contributed by atoms with E-state index in [2.05, 4.69) is 31.0 Å². The van der Waals surface area contributed by atoms with Crippen LogP contribution in [-0.4, -0.2) is 45.8 Å². The van der Waals surface area contributed by atoms with E-state index < -0.39 is 17.7 Å². The normalized spacial score (nSPS) is 17.5. The third-order valence-electron chi connectivity index (χ3n) is 7.41. The van der Waals surface area contributed by atoms with E-state index in [0.29, 0.717) is 37.2 Å². The van der Waals surface area contributed by atoms with Gasteiger partial charge in [0.2, 0.25) is 0 Å². The number of carbonyl (C=O) groups is 1. The van der Waals surface area contributed by atoms with Gasteiger partial charge in [0.15, 0.2) is 0 Å². The van der Waals surface area contributed by atoms with Crippen molar-refractivity contribution in [3.63, 3.8) is 0 Å². The Morgan fingerprint density at radius 2 is 1.58 bits per heavy atom. The van der Waals surface area contributed by atoms with Crippen molar-refractivity contribution >= 4 is 5.97 Å². The third-order valence-corrected chi connectivity index (χ3v) is 7.41. The molecule has 38 heavy (non-hydrogen) atoms. The highest BCUT2D eigenvalue weighted by atomic mass is 16.5. The summed E-state index contributed by atoms with van der Waals surface area (Å²) >= 11 is 0. The number of likely N-dealkylation sites (tertiary alicyclic amines) is 1. The van der Waals surface area contributed by atoms with Crippen LogP contribution in [0, 0.1) is 0 Å². The number of hydrogen-bond acceptors (Lipinski definition) is 6. The van der Waals surface area contributed by atoms with Crippen LogP contribution in [0.2, 0.25) is 0 Å². The van der Waals surface area contributed by atoms with Crippen molar-refractivity contribution in [3.05, 3.63) is 101 Å². The maximum Gasteiger partial charge on any atom is 0.343 e. The Labute approximate surface area is 226 Å². The lowest BCUT2D eigenvalue weighted by atomic mass is 9.83. The summed E-state index contributed by atoms with van der Waals surface area (Å²) in [5.41, 5.74) is 2.50. The van der Waals surface area contributed by atoms with Crippen molar-refractivity contribution in [2.75, 3.05) is 13.1 Å². The van der Waals surface area contributed by atoms with Gasteiger partial charge >= 0.3 is 5.97 Å². The fourth-order valence-corrected chi connectivity index (χ4v) is 4.84. The summed E-state index contributed by atoms with van der Waals surface area (Å²) in [6, 6.07) is 24.1. The van der Waals surface area contributed by atoms with E-state index in [4.69, 9.17) is 4.74 Å². The summed E-state index contributed by atoms with van der Waals surface area (Å²) in [5, 5.41) is 25.6. The van der Waals surface area contributed by atoms with Crippen LogP contribution in [-0.2, 0) is 12.1 Å². The van der Waals surface area contributed by atoms with Gasteiger partial charge in [0, 0.05) is 31.2 Å². The Hall–Kier alpha value is -3.03. The summed E-state index contributed by atoms with van der Waals surface area (Å²) in [4.78, 5) is 14.8. The van der Waals surface area contributed by atoms with Crippen molar-refractivity contribution in [1.29, 1.82) is 0 Å². The van der Waals surface area contributed by atoms with Gasteiger partial charge in [-0.05, 0) is 81.5 Å². The smallest absolute Gasteiger partial charge is 0.343 e. The van der Waals surface area contributed by atoms with Crippen LogP contribution in [0.1, 0.15) is 73.7 Å². The van der Waals surface area contributed by atoms with Gasteiger partial charge in [-0.15, -0.1) is 0 Å². The average Bonchev–Trinajstić information content (AvgIpc) is 2.92. The van der Waals surface area contributed by atoms with E-state index in [9.17, 15) is 15.0 Å². The molecule has 0 aliphatic carbocycles. The Bertz CT molecular complexity index is 1180. The molecule has 0 saturated carbocycles. The second-order valence-corrected chi connectivity index (χ2v) is 11.4. The topological polar surface area (TPSA) is 82.0 Å². The molecule has 2 atom stereocenters. The molecule has 0 radical (unpaired) electrons. The fraction of sp³-hybridized carbons (Fsp3) is 0.406. The molecule has 202 valence electrons. The zero-order chi connectivity index (χ0) is 27.3. The number of hydrogen-bond donors (Lipinski definition) is 3. The van der Waals surface area contributed by atoms with Gasteiger partial charge in [0.05, 0.1) is 17.3 Å². The second-order valence-electron chi connectivity index (χ2n) is 11.4. The number of rotatable bonds is 8. The van der Waals surface area contributed by atoms with Gasteiger partial charge in [-0.2, -0.15) is 0 Å². The molecule has 6 heteroatoms. The Morgan fingerprint density at radius 1 is 0.974 bits per heavy atom. The Balaban J connectivity index is 1.30. The van der Waals surface area contributed by atoms with Crippen LogP contribution in [0.15, 0.2) is 78.9 Å². The molecule has 0 bridgehead atoms. The maximum absolute atomic E-state index is 12.6. The summed E-state index contributed by atoms with van der Waals surface area (Å²) in [7, 11) is 0. The minimum atomic E-state index is -0.822. The predicted octanol–water partition coefficient (Wildman–Crippen LogP) is 5.20. The number of esters is 1. The zero-order valence-corrected chi connectivity index (χ0v) is 22.9. The molecule has 1 heterocycles. The van der Waals surface area contributed by atoms with Crippen molar-refractivity contribution in [3.8, 4) is 5.75 Å². The van der Waals surface area contributed by atoms with Crippen molar-refractivity contribution < 1.29 is 19.7 Å². The summed E-state index contributed by atoms with van der Waals surface area (Å²) in [6.07, 6.45) is 0.547. The molecule has 1 unspecified atom stereocenters. The predicted molar refractivity (Wildman–Crippen MR) is 150 cm³/mol. The number of piperidine rings is 1. The molecule has 6 nitrogen and oxygen atoms in total. The van der Waals surface area contributed by atoms with Crippen molar-refractivity contribution in [2.24, 2.45) is 0 Å². The first-order valence-corrected chi connectivity index (χ1v) is 13.4. The molecule has 0 aromatic heterocycles. The highest BCUT2D eigenvalue weighted by molar-refractivity contribution is 5.91. The molecule has 1 saturated heterocycles. The van der Waals surface area contributed by atoms with Gasteiger partial charge in [-0.3, -0.25) is 4.90 Å². The van der Waals surface area contributed by atoms with Gasteiger partial charge in [-0.1, -0.05) is 54.6 Å². The van der Waals surface area contributed by atoms with Crippen LogP contribution < -0.4 is 10.1 Å². The number of ether oxygens (including phenoxy) is 1. The van der Waals surface area contributed by atoms with Crippen molar-refractivity contribution in [2.45, 2.75) is 70.4 Å². The maximum atomic E-state index is 12.6. The van der Waals surface area contributed by atoms with Crippen LogP contribution in [0.4, 0.5) is 0 Å². The standard InChI is InChI=1S/C32H40N2O4/c1-23(34-20-18-32(37,19-21-34)27-8-6-5-7-9-27)29(35)25-14-16-28(17-15-25)38-30(36)26-12-10-24(11-13-26)22-33-31(2,3)4/h5-17,23,29,33,35,37H,18-22H2,1-4H3/t23-,29?/m0/s1. The van der Waals surface area contributed by atoms with Crippen LogP contribution in [0.5, 0.6) is 5.75 Å². The lowest BCUT2D eigenvalue weighted by Gasteiger charge is -2.42. The average molecular weight is 517 g/mol. The third kappa shape index (κ3) is 7.08. The van der Waals surface area contributed by atoms with E-state index in [1.807, 2.05) is 49.4 Å². The number of nitrogens with one attached hydrogen (secondary N) is 1. The minimum absolute atomic E-state index is 0.0244. The highest BCUT2D eigenvalue weighted by Crippen LogP contribution is 2.35. The summed E-state index contributed by atoms with van der Waals surface area (Å²) < 4.78 is 5.56. The van der Waals surface area contributed by atoms with Gasteiger partial charge < -0.3 is 20.3 Å². The number of benzene rings is 3. The summed E-state index contributed by atoms with van der Waals surface area (Å²) in [6.45, 7) is 10.5. The first kappa shape index (κ1) is 28.0. The van der Waals surface area contributed by atoms with E-state index in [1.54, 1.807) is 36.4 Å². The monoisotopic (exact) mass is 516 g/mol. The molecule has 3 aromatic carbocycles. The molecule has 0 spiro atoms. The minimum Gasteiger partial charge on any atom is -0.423 e. The molecule has 3 N–H and O–H groups in total. The van der Waals surface area contributed by atoms with Crippen LogP contribution in [0.25, 0.3) is 0 Å². The molecule has 1 aliphatic rings. The molecular weight excluding hydrogens is 476 g/mol. The van der Waals surface area contributed by atoms with E-state index in [0.717, 1.165) is 23.2 Å². The van der Waals surface area contributed by atoms with E-state index in [1.165, 1.54) is 0 Å². The van der Waals surface area contributed by atoms with Crippen LogP contribution in [0.3, 0.4) is 0 Å². The SMILES string of the molecule is C[C@@H](C(O)c1ccc(OC(=O)c2ccc(CNC(C)(C)C)cc2)cc1)N1CCC(O)(c2ccccc2)CC1. The molecule has 4 rings (SSSR count). The lowest BCUT2D eigenvalue weighted by molar-refractivity contribution is -0.0501. The highest BCUT2D eigenvalue weighted by Gasteiger charge is 2.36. The Kier molecular flexibility index (Phi) is 8.68. The molecule has 0 amide bonds. The second kappa shape index (κ2) is 11.8. The molecule has 1 fully saturated rings. The molecule has 3 aromatic rings. The van der Waals surface area contributed by atoms with Crippen LogP contribution >= 0.6 is 0 Å². The first-order chi connectivity index (χ1) is 18.0. The number of nitrogens with zero attached hydrogens (tertiary/aromatic N) is 1. The first-order valence-electron chi connectivity index (χ1n) is 13.4. The van der Waals surface area contributed by atoms with Crippen molar-refractivity contribution in [1.82, 2.24) is 10.2 Å². The largest absolute Gasteiger partial charge is 0.423 e. The van der Waals surface area contributed by atoms with Gasteiger partial charge in [0.25, 0.3) is 0 Å². The number of carbonyl (C=O) groups excluding carboxylic acids is 1. The number of aliphatic hydroxyl groups excluding tert-OH is 1. The Morgan fingerprint density at radius 3 is 2.16 bits per heavy atom. The van der Waals surface area contributed by atoms with E-state index in [-0.39, 0.29) is 11.6 Å². The van der Waals surface area contributed by atoms with E-state index >= 15 is 0 Å². The zero-order valence-electron chi connectivity index (χ0n) is 22.9. The lowest BCUT2D eigenvalue weighted by Crippen LogP contribution is -2.47. The molecule has 1 aliphatic heterocycles. The van der Waals surface area contributed by atoms with Gasteiger partial charge in [0.1, 0.15) is 5.75 Å². The number of aliphatic hydroxyl groups is 2. The summed E-state index contributed by atoms with van der Waals surface area (Å²) in [5.74, 6) is 0.0178. The fourth-order valence-electron chi connectivity index (χ4n) is 4.84. The molecular formula is C32H40N2O4.